The van der Waals surface area contributed by atoms with Crippen molar-refractivity contribution >= 4 is 29.1 Å². The first-order valence-corrected chi connectivity index (χ1v) is 8.08. The summed E-state index contributed by atoms with van der Waals surface area (Å²) in [6.07, 6.45) is 1.60. The van der Waals surface area contributed by atoms with E-state index >= 15 is 0 Å². The molecule has 0 radical (unpaired) electrons. The molecule has 128 valence electrons. The number of aromatic nitrogens is 2. The van der Waals surface area contributed by atoms with Crippen molar-refractivity contribution in [3.05, 3.63) is 70.4 Å². The Morgan fingerprint density at radius 1 is 1.20 bits per heavy atom. The SMILES string of the molecule is Cc1cc(C(=O)Nc2cc(Cl)ccc2C)nc(NCc2ccco2)n1. The van der Waals surface area contributed by atoms with Crippen LogP contribution < -0.4 is 10.6 Å². The number of amides is 1. The molecule has 3 aromatic rings. The third-order valence-corrected chi connectivity index (χ3v) is 3.77. The fourth-order valence-electron chi connectivity index (χ4n) is 2.26. The van der Waals surface area contributed by atoms with E-state index < -0.39 is 0 Å². The number of hydrogen-bond donors (Lipinski definition) is 2. The first kappa shape index (κ1) is 17.0. The molecule has 0 unspecified atom stereocenters. The summed E-state index contributed by atoms with van der Waals surface area (Å²) in [5.41, 5.74) is 2.53. The van der Waals surface area contributed by atoms with Crippen molar-refractivity contribution in [1.82, 2.24) is 9.97 Å². The van der Waals surface area contributed by atoms with E-state index in [1.807, 2.05) is 19.1 Å². The number of carbonyl (C=O) groups excluding carboxylic acids is 1. The molecule has 2 heterocycles. The van der Waals surface area contributed by atoms with Crippen LogP contribution in [0.25, 0.3) is 0 Å². The molecule has 1 aromatic carbocycles. The minimum atomic E-state index is -0.322. The summed E-state index contributed by atoms with van der Waals surface area (Å²) in [6, 6.07) is 10.6. The number of rotatable bonds is 5. The average molecular weight is 357 g/mol. The Balaban J connectivity index is 1.76. The summed E-state index contributed by atoms with van der Waals surface area (Å²) in [6.45, 7) is 4.14. The third kappa shape index (κ3) is 4.36. The molecule has 0 saturated heterocycles. The normalized spacial score (nSPS) is 10.5. The predicted molar refractivity (Wildman–Crippen MR) is 96.9 cm³/mol. The molecule has 0 bridgehead atoms. The summed E-state index contributed by atoms with van der Waals surface area (Å²) in [4.78, 5) is 21.1. The highest BCUT2D eigenvalue weighted by atomic mass is 35.5. The van der Waals surface area contributed by atoms with Crippen LogP contribution in [0.2, 0.25) is 5.02 Å². The van der Waals surface area contributed by atoms with Crippen molar-refractivity contribution in [1.29, 1.82) is 0 Å². The van der Waals surface area contributed by atoms with Crippen LogP contribution >= 0.6 is 11.6 Å². The lowest BCUT2D eigenvalue weighted by Crippen LogP contribution is -2.16. The van der Waals surface area contributed by atoms with Crippen molar-refractivity contribution in [2.75, 3.05) is 10.6 Å². The second-order valence-corrected chi connectivity index (χ2v) is 6.00. The van der Waals surface area contributed by atoms with Gasteiger partial charge in [-0.05, 0) is 49.7 Å². The molecule has 2 aromatic heterocycles. The molecule has 0 aliphatic carbocycles. The Morgan fingerprint density at radius 2 is 2.04 bits per heavy atom. The van der Waals surface area contributed by atoms with E-state index in [1.165, 1.54) is 0 Å². The van der Waals surface area contributed by atoms with Crippen molar-refractivity contribution in [2.45, 2.75) is 20.4 Å². The fourth-order valence-corrected chi connectivity index (χ4v) is 2.43. The Kier molecular flexibility index (Phi) is 5.00. The third-order valence-electron chi connectivity index (χ3n) is 3.54. The predicted octanol–water partition coefficient (Wildman–Crippen LogP) is 4.20. The van der Waals surface area contributed by atoms with Gasteiger partial charge in [0.25, 0.3) is 5.91 Å². The number of halogens is 1. The van der Waals surface area contributed by atoms with Gasteiger partial charge in [-0.25, -0.2) is 9.97 Å². The van der Waals surface area contributed by atoms with Gasteiger partial charge in [0.2, 0.25) is 5.95 Å². The van der Waals surface area contributed by atoms with E-state index in [0.29, 0.717) is 28.9 Å². The van der Waals surface area contributed by atoms with Crippen molar-refractivity contribution in [3.63, 3.8) is 0 Å². The molecule has 25 heavy (non-hydrogen) atoms. The van der Waals surface area contributed by atoms with Gasteiger partial charge < -0.3 is 15.1 Å². The molecular formula is C18H17ClN4O2. The zero-order valence-corrected chi connectivity index (χ0v) is 14.6. The van der Waals surface area contributed by atoms with E-state index in [4.69, 9.17) is 16.0 Å². The molecule has 0 aliphatic rings. The van der Waals surface area contributed by atoms with Gasteiger partial charge in [-0.15, -0.1) is 0 Å². The molecule has 3 rings (SSSR count). The maximum Gasteiger partial charge on any atom is 0.274 e. The van der Waals surface area contributed by atoms with Gasteiger partial charge in [-0.3, -0.25) is 4.79 Å². The lowest BCUT2D eigenvalue weighted by Gasteiger charge is -2.10. The van der Waals surface area contributed by atoms with E-state index in [-0.39, 0.29) is 11.6 Å². The van der Waals surface area contributed by atoms with E-state index in [2.05, 4.69) is 20.6 Å². The van der Waals surface area contributed by atoms with Crippen LogP contribution in [0.5, 0.6) is 0 Å². The Hall–Kier alpha value is -2.86. The fraction of sp³-hybridized carbons (Fsp3) is 0.167. The lowest BCUT2D eigenvalue weighted by molar-refractivity contribution is 0.102. The monoisotopic (exact) mass is 356 g/mol. The summed E-state index contributed by atoms with van der Waals surface area (Å²) >= 11 is 5.99. The molecule has 7 heteroatoms. The largest absolute Gasteiger partial charge is 0.467 e. The van der Waals surface area contributed by atoms with Gasteiger partial charge in [-0.2, -0.15) is 0 Å². The highest BCUT2D eigenvalue weighted by Crippen LogP contribution is 2.21. The number of aryl methyl sites for hydroxylation is 2. The number of hydrogen-bond acceptors (Lipinski definition) is 5. The van der Waals surface area contributed by atoms with Gasteiger partial charge in [-0.1, -0.05) is 17.7 Å². The average Bonchev–Trinajstić information content (AvgIpc) is 3.09. The van der Waals surface area contributed by atoms with Crippen LogP contribution in [0.4, 0.5) is 11.6 Å². The van der Waals surface area contributed by atoms with Crippen molar-refractivity contribution in [3.8, 4) is 0 Å². The summed E-state index contributed by atoms with van der Waals surface area (Å²) < 4.78 is 5.26. The van der Waals surface area contributed by atoms with Crippen LogP contribution in [0.15, 0.2) is 47.1 Å². The minimum Gasteiger partial charge on any atom is -0.467 e. The standard InChI is InChI=1S/C18H17ClN4O2/c1-11-5-6-13(19)9-15(11)22-17(24)16-8-12(2)21-18(23-16)20-10-14-4-3-7-25-14/h3-9H,10H2,1-2H3,(H,22,24)(H,20,21,23). The molecule has 2 N–H and O–H groups in total. The van der Waals surface area contributed by atoms with Crippen LogP contribution in [-0.2, 0) is 6.54 Å². The van der Waals surface area contributed by atoms with Gasteiger partial charge in [0.1, 0.15) is 11.5 Å². The van der Waals surface area contributed by atoms with Crippen LogP contribution in [0, 0.1) is 13.8 Å². The summed E-state index contributed by atoms with van der Waals surface area (Å²) in [5, 5.41) is 6.44. The maximum atomic E-state index is 12.5. The number of carbonyl (C=O) groups is 1. The molecular weight excluding hydrogens is 340 g/mol. The molecule has 1 amide bonds. The first-order valence-electron chi connectivity index (χ1n) is 7.71. The van der Waals surface area contributed by atoms with Gasteiger partial charge >= 0.3 is 0 Å². The maximum absolute atomic E-state index is 12.5. The number of anilines is 2. The zero-order valence-electron chi connectivity index (χ0n) is 13.8. The van der Waals surface area contributed by atoms with Gasteiger partial charge in [0.05, 0.1) is 12.8 Å². The molecule has 0 saturated carbocycles. The Labute approximate surface area is 150 Å². The summed E-state index contributed by atoms with van der Waals surface area (Å²) in [5.74, 6) is 0.798. The Morgan fingerprint density at radius 3 is 2.80 bits per heavy atom. The van der Waals surface area contributed by atoms with Crippen LogP contribution in [-0.4, -0.2) is 15.9 Å². The van der Waals surface area contributed by atoms with Gasteiger partial charge in [0.15, 0.2) is 0 Å². The molecule has 0 aliphatic heterocycles. The van der Waals surface area contributed by atoms with E-state index in [9.17, 15) is 4.79 Å². The number of benzene rings is 1. The first-order chi connectivity index (χ1) is 12.0. The second kappa shape index (κ2) is 7.36. The number of nitrogens with one attached hydrogen (secondary N) is 2. The van der Waals surface area contributed by atoms with Crippen molar-refractivity contribution in [2.24, 2.45) is 0 Å². The van der Waals surface area contributed by atoms with E-state index in [1.54, 1.807) is 37.5 Å². The quantitative estimate of drug-likeness (QED) is 0.716. The molecule has 0 atom stereocenters. The highest BCUT2D eigenvalue weighted by Gasteiger charge is 2.12. The van der Waals surface area contributed by atoms with Gasteiger partial charge in [0, 0.05) is 16.4 Å². The highest BCUT2D eigenvalue weighted by molar-refractivity contribution is 6.31. The van der Waals surface area contributed by atoms with Crippen molar-refractivity contribution < 1.29 is 9.21 Å². The van der Waals surface area contributed by atoms with Crippen LogP contribution in [0.1, 0.15) is 27.5 Å². The lowest BCUT2D eigenvalue weighted by atomic mass is 10.2. The zero-order chi connectivity index (χ0) is 17.8. The smallest absolute Gasteiger partial charge is 0.274 e. The summed E-state index contributed by atoms with van der Waals surface area (Å²) in [7, 11) is 0. The second-order valence-electron chi connectivity index (χ2n) is 5.56. The molecule has 0 spiro atoms. The molecule has 6 nitrogen and oxygen atoms in total. The van der Waals surface area contributed by atoms with Crippen LogP contribution in [0.3, 0.4) is 0 Å². The van der Waals surface area contributed by atoms with E-state index in [0.717, 1.165) is 11.3 Å². The number of furan rings is 1. The Bertz CT molecular complexity index is 894. The minimum absolute atomic E-state index is 0.272. The topological polar surface area (TPSA) is 80.0 Å². The number of nitrogens with zero attached hydrogens (tertiary/aromatic N) is 2. The molecule has 0 fully saturated rings.